The summed E-state index contributed by atoms with van der Waals surface area (Å²) in [5.41, 5.74) is 4.30. The topological polar surface area (TPSA) is 12.0 Å². The maximum Gasteiger partial charge on any atom is 0.0536 e. The lowest BCUT2D eigenvalue weighted by atomic mass is 9.94. The zero-order valence-electron chi connectivity index (χ0n) is 12.0. The highest BCUT2D eigenvalue weighted by molar-refractivity contribution is 9.10. The van der Waals surface area contributed by atoms with Crippen LogP contribution in [0.25, 0.3) is 0 Å². The molecule has 0 aromatic heterocycles. The van der Waals surface area contributed by atoms with Gasteiger partial charge in [0.15, 0.2) is 0 Å². The molecule has 0 heterocycles. The molecule has 2 heteroatoms. The van der Waals surface area contributed by atoms with Crippen LogP contribution in [-0.4, -0.2) is 6.54 Å². The molecule has 2 rings (SSSR count). The van der Waals surface area contributed by atoms with E-state index in [0.29, 0.717) is 6.04 Å². The molecule has 19 heavy (non-hydrogen) atoms. The van der Waals surface area contributed by atoms with Crippen molar-refractivity contribution >= 4 is 15.9 Å². The molecule has 0 amide bonds. The number of hydrogen-bond acceptors (Lipinski definition) is 1. The van der Waals surface area contributed by atoms with Gasteiger partial charge in [0.2, 0.25) is 0 Å². The first-order valence-corrected chi connectivity index (χ1v) is 8.20. The molecule has 0 radical (unpaired) electrons. The molecule has 0 spiro atoms. The summed E-state index contributed by atoms with van der Waals surface area (Å²) in [5.74, 6) is 0. The van der Waals surface area contributed by atoms with Crippen LogP contribution in [0.1, 0.15) is 56.2 Å². The predicted molar refractivity (Wildman–Crippen MR) is 86.5 cm³/mol. The minimum absolute atomic E-state index is 0.398. The smallest absolute Gasteiger partial charge is 0.0536 e. The average molecular weight is 322 g/mol. The van der Waals surface area contributed by atoms with Gasteiger partial charge in [-0.3, -0.25) is 0 Å². The number of hydrogen-bond donors (Lipinski definition) is 1. The van der Waals surface area contributed by atoms with Gasteiger partial charge in [-0.05, 0) is 56.3 Å². The molecule has 1 N–H and O–H groups in total. The monoisotopic (exact) mass is 321 g/mol. The Morgan fingerprint density at radius 1 is 1.26 bits per heavy atom. The molecule has 1 aromatic carbocycles. The van der Waals surface area contributed by atoms with Crippen molar-refractivity contribution in [3.05, 3.63) is 45.4 Å². The first kappa shape index (κ1) is 14.8. The lowest BCUT2D eigenvalue weighted by molar-refractivity contribution is 0.589. The number of benzene rings is 1. The van der Waals surface area contributed by atoms with Crippen molar-refractivity contribution in [2.75, 3.05) is 6.54 Å². The van der Waals surface area contributed by atoms with Crippen molar-refractivity contribution < 1.29 is 0 Å². The highest BCUT2D eigenvalue weighted by Crippen LogP contribution is 2.31. The number of halogens is 1. The van der Waals surface area contributed by atoms with Crippen LogP contribution in [0.5, 0.6) is 0 Å². The van der Waals surface area contributed by atoms with Crippen molar-refractivity contribution in [1.82, 2.24) is 5.32 Å². The van der Waals surface area contributed by atoms with Gasteiger partial charge in [-0.1, -0.05) is 53.1 Å². The summed E-state index contributed by atoms with van der Waals surface area (Å²) in [6.45, 7) is 5.37. The van der Waals surface area contributed by atoms with E-state index in [-0.39, 0.29) is 0 Å². The van der Waals surface area contributed by atoms with E-state index < -0.39 is 0 Å². The Hall–Kier alpha value is -0.600. The Balaban J connectivity index is 2.27. The molecular formula is C17H24BrN. The van der Waals surface area contributed by atoms with Crippen molar-refractivity contribution in [2.45, 2.75) is 52.0 Å². The summed E-state index contributed by atoms with van der Waals surface area (Å²) < 4.78 is 1.20. The predicted octanol–water partition coefficient (Wildman–Crippen LogP) is 5.30. The van der Waals surface area contributed by atoms with Crippen LogP contribution in [-0.2, 0) is 0 Å². The summed E-state index contributed by atoms with van der Waals surface area (Å²) in [5, 5.41) is 3.66. The number of likely N-dealkylation sites (N-methyl/N-ethyl adjacent to an activating group) is 1. The van der Waals surface area contributed by atoms with Crippen LogP contribution in [0.4, 0.5) is 0 Å². The van der Waals surface area contributed by atoms with Gasteiger partial charge in [0, 0.05) is 4.47 Å². The first-order valence-electron chi connectivity index (χ1n) is 7.40. The summed E-state index contributed by atoms with van der Waals surface area (Å²) in [6.07, 6.45) is 9.01. The zero-order valence-corrected chi connectivity index (χ0v) is 13.6. The van der Waals surface area contributed by atoms with Gasteiger partial charge < -0.3 is 5.32 Å². The van der Waals surface area contributed by atoms with Crippen molar-refractivity contribution in [3.8, 4) is 0 Å². The van der Waals surface area contributed by atoms with Crippen molar-refractivity contribution in [1.29, 1.82) is 0 Å². The third kappa shape index (κ3) is 3.93. The molecule has 104 valence electrons. The Morgan fingerprint density at radius 3 is 2.84 bits per heavy atom. The molecule has 1 aliphatic rings. The number of rotatable bonds is 4. The third-order valence-electron chi connectivity index (χ3n) is 3.87. The van der Waals surface area contributed by atoms with E-state index in [1.165, 1.54) is 47.7 Å². The minimum atomic E-state index is 0.398. The van der Waals surface area contributed by atoms with Gasteiger partial charge in [0.1, 0.15) is 0 Å². The fraction of sp³-hybridized carbons (Fsp3) is 0.529. The van der Waals surface area contributed by atoms with E-state index in [9.17, 15) is 0 Å². The van der Waals surface area contributed by atoms with E-state index in [1.807, 2.05) is 0 Å². The Kier molecular flexibility index (Phi) is 5.65. The maximum absolute atomic E-state index is 3.66. The molecule has 1 atom stereocenters. The van der Waals surface area contributed by atoms with E-state index in [0.717, 1.165) is 6.54 Å². The van der Waals surface area contributed by atoms with Gasteiger partial charge in [0.25, 0.3) is 0 Å². The molecule has 1 unspecified atom stereocenters. The van der Waals surface area contributed by atoms with Gasteiger partial charge in [-0.25, -0.2) is 0 Å². The average Bonchev–Trinajstić information content (AvgIpc) is 2.68. The van der Waals surface area contributed by atoms with Crippen LogP contribution < -0.4 is 5.32 Å². The SMILES string of the molecule is CCNC(C1=CCCCCC1)c1ccc(Br)c(C)c1. The molecule has 0 saturated carbocycles. The normalized spacial score (nSPS) is 17.7. The third-order valence-corrected chi connectivity index (χ3v) is 4.76. The Labute approximate surface area is 125 Å². The van der Waals surface area contributed by atoms with Crippen LogP contribution in [0.15, 0.2) is 34.3 Å². The van der Waals surface area contributed by atoms with Crippen molar-refractivity contribution in [3.63, 3.8) is 0 Å². The Morgan fingerprint density at radius 2 is 2.11 bits per heavy atom. The van der Waals surface area contributed by atoms with Gasteiger partial charge in [-0.2, -0.15) is 0 Å². The van der Waals surface area contributed by atoms with E-state index in [1.54, 1.807) is 5.57 Å². The number of allylic oxidation sites excluding steroid dienone is 1. The lowest BCUT2D eigenvalue weighted by Crippen LogP contribution is -2.23. The number of nitrogens with one attached hydrogen (secondary N) is 1. The van der Waals surface area contributed by atoms with E-state index in [2.05, 4.69) is 59.4 Å². The van der Waals surface area contributed by atoms with Crippen LogP contribution in [0, 0.1) is 6.92 Å². The first-order chi connectivity index (χ1) is 9.22. The molecule has 0 saturated heterocycles. The fourth-order valence-electron chi connectivity index (χ4n) is 2.82. The van der Waals surface area contributed by atoms with Crippen molar-refractivity contribution in [2.24, 2.45) is 0 Å². The molecule has 1 nitrogen and oxygen atoms in total. The van der Waals surface area contributed by atoms with Crippen LogP contribution >= 0.6 is 15.9 Å². The quantitative estimate of drug-likeness (QED) is 0.742. The molecule has 0 bridgehead atoms. The highest BCUT2D eigenvalue weighted by Gasteiger charge is 2.17. The standard InChI is InChI=1S/C17H24BrN/c1-3-19-17(14-8-6-4-5-7-9-14)15-10-11-16(18)13(2)12-15/h8,10-12,17,19H,3-7,9H2,1-2H3. The second kappa shape index (κ2) is 7.25. The molecule has 0 fully saturated rings. The van der Waals surface area contributed by atoms with Crippen LogP contribution in [0.3, 0.4) is 0 Å². The summed E-state index contributed by atoms with van der Waals surface area (Å²) in [6, 6.07) is 7.13. The lowest BCUT2D eigenvalue weighted by Gasteiger charge is -2.22. The Bertz CT molecular complexity index is 451. The molecule has 0 aliphatic heterocycles. The summed E-state index contributed by atoms with van der Waals surface area (Å²) in [4.78, 5) is 0. The molecular weight excluding hydrogens is 298 g/mol. The van der Waals surface area contributed by atoms with Crippen LogP contribution in [0.2, 0.25) is 0 Å². The molecule has 1 aromatic rings. The number of aryl methyl sites for hydroxylation is 1. The largest absolute Gasteiger partial charge is 0.307 e. The second-order valence-electron chi connectivity index (χ2n) is 5.38. The second-order valence-corrected chi connectivity index (χ2v) is 6.23. The van der Waals surface area contributed by atoms with Gasteiger partial charge in [0.05, 0.1) is 6.04 Å². The van der Waals surface area contributed by atoms with E-state index >= 15 is 0 Å². The zero-order chi connectivity index (χ0) is 13.7. The summed E-state index contributed by atoms with van der Waals surface area (Å²) in [7, 11) is 0. The summed E-state index contributed by atoms with van der Waals surface area (Å²) >= 11 is 3.59. The van der Waals surface area contributed by atoms with Gasteiger partial charge >= 0.3 is 0 Å². The highest BCUT2D eigenvalue weighted by atomic mass is 79.9. The van der Waals surface area contributed by atoms with Gasteiger partial charge in [-0.15, -0.1) is 0 Å². The molecule has 1 aliphatic carbocycles. The van der Waals surface area contributed by atoms with E-state index in [4.69, 9.17) is 0 Å². The minimum Gasteiger partial charge on any atom is -0.307 e. The maximum atomic E-state index is 3.66. The fourth-order valence-corrected chi connectivity index (χ4v) is 3.06.